The highest BCUT2D eigenvalue weighted by atomic mass is 32.1. The molecule has 1 heterocycles. The number of carbonyl (C=O) groups is 1. The lowest BCUT2D eigenvalue weighted by Gasteiger charge is -2.07. The van der Waals surface area contributed by atoms with Gasteiger partial charge in [-0.1, -0.05) is 29.7 Å². The molecule has 2 aromatic carbocycles. The topological polar surface area (TPSA) is 51.1 Å². The smallest absolute Gasteiger partial charge is 0.268 e. The number of fused-ring (bicyclic) bond motifs is 1. The molecule has 0 aliphatic rings. The molecule has 0 saturated carbocycles. The van der Waals surface area contributed by atoms with Gasteiger partial charge in [0, 0.05) is 18.7 Å². The zero-order valence-electron chi connectivity index (χ0n) is 13.8. The first-order valence-corrected chi connectivity index (χ1v) is 8.78. The van der Waals surface area contributed by atoms with E-state index in [1.54, 1.807) is 3.96 Å². The molecule has 0 aliphatic carbocycles. The first kappa shape index (κ1) is 16.5. The van der Waals surface area contributed by atoms with E-state index in [1.807, 2.05) is 56.3 Å². The van der Waals surface area contributed by atoms with E-state index in [4.69, 9.17) is 0 Å². The minimum Gasteiger partial charge on any atom is -0.326 e. The SMILES string of the molecule is Cc1ccc(NC(=O)CCCn2sc3ccccc3c2=O)cc1C. The molecule has 3 aromatic rings. The lowest BCUT2D eigenvalue weighted by Crippen LogP contribution is -2.16. The van der Waals surface area contributed by atoms with Gasteiger partial charge in [-0.2, -0.15) is 0 Å². The van der Waals surface area contributed by atoms with Gasteiger partial charge in [-0.3, -0.25) is 13.5 Å². The molecule has 24 heavy (non-hydrogen) atoms. The number of nitrogens with one attached hydrogen (secondary N) is 1. The monoisotopic (exact) mass is 340 g/mol. The van der Waals surface area contributed by atoms with Crippen molar-refractivity contribution in [1.82, 2.24) is 3.96 Å². The molecule has 0 spiro atoms. The van der Waals surface area contributed by atoms with E-state index in [9.17, 15) is 9.59 Å². The van der Waals surface area contributed by atoms with Gasteiger partial charge >= 0.3 is 0 Å². The number of hydrogen-bond donors (Lipinski definition) is 1. The molecule has 3 rings (SSSR count). The number of aryl methyl sites for hydroxylation is 3. The van der Waals surface area contributed by atoms with Crippen molar-refractivity contribution in [1.29, 1.82) is 0 Å². The number of amides is 1. The van der Waals surface area contributed by atoms with E-state index in [0.29, 0.717) is 19.4 Å². The van der Waals surface area contributed by atoms with Crippen LogP contribution in [0.2, 0.25) is 0 Å². The normalized spacial score (nSPS) is 10.9. The van der Waals surface area contributed by atoms with Crippen molar-refractivity contribution < 1.29 is 4.79 Å². The number of anilines is 1. The Morgan fingerprint density at radius 2 is 1.92 bits per heavy atom. The molecule has 124 valence electrons. The summed E-state index contributed by atoms with van der Waals surface area (Å²) >= 11 is 1.46. The van der Waals surface area contributed by atoms with E-state index in [-0.39, 0.29) is 11.5 Å². The van der Waals surface area contributed by atoms with Gasteiger partial charge in [0.25, 0.3) is 5.56 Å². The quantitative estimate of drug-likeness (QED) is 0.760. The van der Waals surface area contributed by atoms with Crippen LogP contribution in [-0.4, -0.2) is 9.86 Å². The van der Waals surface area contributed by atoms with E-state index in [0.717, 1.165) is 21.3 Å². The second kappa shape index (κ2) is 7.01. The molecule has 1 N–H and O–H groups in total. The molecule has 1 amide bonds. The molecule has 1 aromatic heterocycles. The summed E-state index contributed by atoms with van der Waals surface area (Å²) in [5.74, 6) is -0.0209. The van der Waals surface area contributed by atoms with Crippen LogP contribution in [0.25, 0.3) is 10.1 Å². The largest absolute Gasteiger partial charge is 0.326 e. The van der Waals surface area contributed by atoms with Crippen LogP contribution in [0.3, 0.4) is 0 Å². The fourth-order valence-electron chi connectivity index (χ4n) is 2.59. The predicted molar refractivity (Wildman–Crippen MR) is 99.9 cm³/mol. The summed E-state index contributed by atoms with van der Waals surface area (Å²) < 4.78 is 2.72. The molecule has 0 saturated heterocycles. The molecule has 4 nitrogen and oxygen atoms in total. The van der Waals surface area contributed by atoms with Crippen molar-refractivity contribution in [2.24, 2.45) is 0 Å². The molecule has 0 aliphatic heterocycles. The van der Waals surface area contributed by atoms with Crippen molar-refractivity contribution in [3.05, 3.63) is 63.9 Å². The Kier molecular flexibility index (Phi) is 4.81. The van der Waals surface area contributed by atoms with Crippen LogP contribution in [0, 0.1) is 13.8 Å². The highest BCUT2D eigenvalue weighted by molar-refractivity contribution is 7.13. The average Bonchev–Trinajstić information content (AvgIpc) is 2.88. The fourth-order valence-corrected chi connectivity index (χ4v) is 3.62. The number of nitrogens with zero attached hydrogens (tertiary/aromatic N) is 1. The Hall–Kier alpha value is -2.40. The Morgan fingerprint density at radius 3 is 2.67 bits per heavy atom. The van der Waals surface area contributed by atoms with Crippen LogP contribution < -0.4 is 10.9 Å². The third kappa shape index (κ3) is 3.57. The summed E-state index contributed by atoms with van der Waals surface area (Å²) in [5.41, 5.74) is 3.22. The van der Waals surface area contributed by atoms with Crippen molar-refractivity contribution in [3.63, 3.8) is 0 Å². The summed E-state index contributed by atoms with van der Waals surface area (Å²) in [6.45, 7) is 4.64. The average molecular weight is 340 g/mol. The molecule has 5 heteroatoms. The van der Waals surface area contributed by atoms with Crippen LogP contribution in [0.15, 0.2) is 47.3 Å². The van der Waals surface area contributed by atoms with Gasteiger partial charge in [0.2, 0.25) is 5.91 Å². The molecular formula is C19H20N2O2S. The van der Waals surface area contributed by atoms with Crippen LogP contribution in [-0.2, 0) is 11.3 Å². The standard InChI is InChI=1S/C19H20N2O2S/c1-13-9-10-15(12-14(13)2)20-18(22)8-5-11-21-19(23)16-6-3-4-7-17(16)24-21/h3-4,6-7,9-10,12H,5,8,11H2,1-2H3,(H,20,22). The second-order valence-corrected chi connectivity index (χ2v) is 7.01. The van der Waals surface area contributed by atoms with E-state index >= 15 is 0 Å². The van der Waals surface area contributed by atoms with E-state index < -0.39 is 0 Å². The van der Waals surface area contributed by atoms with Crippen LogP contribution >= 0.6 is 11.5 Å². The summed E-state index contributed by atoms with van der Waals surface area (Å²) in [7, 11) is 0. The summed E-state index contributed by atoms with van der Waals surface area (Å²) in [5, 5.41) is 3.67. The molecule has 0 radical (unpaired) electrons. The molecule has 0 fully saturated rings. The van der Waals surface area contributed by atoms with Gasteiger partial charge in [0.05, 0.1) is 10.1 Å². The highest BCUT2D eigenvalue weighted by Crippen LogP contribution is 2.17. The maximum absolute atomic E-state index is 12.2. The van der Waals surface area contributed by atoms with Crippen molar-refractivity contribution >= 4 is 33.2 Å². The molecule has 0 unspecified atom stereocenters. The number of hydrogen-bond acceptors (Lipinski definition) is 3. The first-order chi connectivity index (χ1) is 11.5. The zero-order chi connectivity index (χ0) is 17.1. The fraction of sp³-hybridized carbons (Fsp3) is 0.263. The van der Waals surface area contributed by atoms with Crippen molar-refractivity contribution in [3.8, 4) is 0 Å². The van der Waals surface area contributed by atoms with Crippen molar-refractivity contribution in [2.45, 2.75) is 33.2 Å². The third-order valence-corrected chi connectivity index (χ3v) is 5.23. The summed E-state index contributed by atoms with van der Waals surface area (Å²) in [4.78, 5) is 24.3. The number of benzene rings is 2. The highest BCUT2D eigenvalue weighted by Gasteiger charge is 2.08. The number of rotatable bonds is 5. The minimum absolute atomic E-state index is 0.0209. The van der Waals surface area contributed by atoms with E-state index in [1.165, 1.54) is 17.1 Å². The van der Waals surface area contributed by atoms with Crippen LogP contribution in [0.1, 0.15) is 24.0 Å². The molecule has 0 bridgehead atoms. The maximum atomic E-state index is 12.2. The van der Waals surface area contributed by atoms with Crippen LogP contribution in [0.5, 0.6) is 0 Å². The lowest BCUT2D eigenvalue weighted by atomic mass is 10.1. The van der Waals surface area contributed by atoms with Crippen LogP contribution in [0.4, 0.5) is 5.69 Å². The Balaban J connectivity index is 1.57. The van der Waals surface area contributed by atoms with Gasteiger partial charge in [-0.25, -0.2) is 0 Å². The Bertz CT molecular complexity index is 940. The summed E-state index contributed by atoms with van der Waals surface area (Å²) in [6, 6.07) is 13.5. The van der Waals surface area contributed by atoms with Gasteiger partial charge in [0.15, 0.2) is 0 Å². The van der Waals surface area contributed by atoms with Gasteiger partial charge in [-0.05, 0) is 55.7 Å². The van der Waals surface area contributed by atoms with Crippen molar-refractivity contribution in [2.75, 3.05) is 5.32 Å². The number of aromatic nitrogens is 1. The van der Waals surface area contributed by atoms with Gasteiger partial charge in [-0.15, -0.1) is 0 Å². The Labute approximate surface area is 144 Å². The third-order valence-electron chi connectivity index (χ3n) is 4.11. The maximum Gasteiger partial charge on any atom is 0.268 e. The second-order valence-electron chi connectivity index (χ2n) is 5.95. The minimum atomic E-state index is -0.0209. The predicted octanol–water partition coefficient (Wildman–Crippen LogP) is 4.10. The first-order valence-electron chi connectivity index (χ1n) is 8.00. The Morgan fingerprint density at radius 1 is 1.12 bits per heavy atom. The number of carbonyl (C=O) groups excluding carboxylic acids is 1. The van der Waals surface area contributed by atoms with E-state index in [2.05, 4.69) is 5.32 Å². The van der Waals surface area contributed by atoms with Gasteiger partial charge < -0.3 is 5.32 Å². The molecule has 0 atom stereocenters. The molecular weight excluding hydrogens is 320 g/mol. The zero-order valence-corrected chi connectivity index (χ0v) is 14.7. The van der Waals surface area contributed by atoms with Gasteiger partial charge in [0.1, 0.15) is 0 Å². The summed E-state index contributed by atoms with van der Waals surface area (Å²) in [6.07, 6.45) is 1.04. The lowest BCUT2D eigenvalue weighted by molar-refractivity contribution is -0.116.